The third-order valence-corrected chi connectivity index (χ3v) is 5.91. The van der Waals surface area contributed by atoms with E-state index >= 15 is 0 Å². The van der Waals surface area contributed by atoms with Gasteiger partial charge in [0.05, 0.1) is 0 Å². The summed E-state index contributed by atoms with van der Waals surface area (Å²) < 4.78 is 10.9. The fourth-order valence-electron chi connectivity index (χ4n) is 4.05. The Morgan fingerprint density at radius 1 is 0.933 bits per heavy atom. The first kappa shape index (κ1) is 20.5. The molecule has 0 saturated carbocycles. The van der Waals surface area contributed by atoms with E-state index in [9.17, 15) is 4.79 Å². The van der Waals surface area contributed by atoms with Gasteiger partial charge in [0.15, 0.2) is 18.0 Å². The van der Waals surface area contributed by atoms with Crippen molar-refractivity contribution < 1.29 is 24.1 Å². The molecular formula is C23H32N4O3+2. The molecule has 0 bridgehead atoms. The Hall–Kier alpha value is -2.77. The van der Waals surface area contributed by atoms with Crippen LogP contribution in [0, 0.1) is 0 Å². The zero-order valence-corrected chi connectivity index (χ0v) is 17.9. The molecule has 0 atom stereocenters. The summed E-state index contributed by atoms with van der Waals surface area (Å²) in [4.78, 5) is 17.4. The van der Waals surface area contributed by atoms with Crippen molar-refractivity contribution in [1.29, 1.82) is 0 Å². The second-order valence-corrected chi connectivity index (χ2v) is 8.38. The lowest BCUT2D eigenvalue weighted by Crippen LogP contribution is -3.28. The maximum Gasteiger partial charge on any atom is 0.275 e. The van der Waals surface area contributed by atoms with E-state index in [2.05, 4.69) is 46.6 Å². The van der Waals surface area contributed by atoms with Crippen LogP contribution in [0.5, 0.6) is 11.5 Å². The maximum absolute atomic E-state index is 12.4. The number of piperazine rings is 1. The highest BCUT2D eigenvalue weighted by Crippen LogP contribution is 2.32. The fraction of sp³-hybridized carbons (Fsp3) is 0.435. The molecule has 2 aliphatic rings. The van der Waals surface area contributed by atoms with Crippen LogP contribution in [-0.2, 0) is 17.9 Å². The molecule has 1 saturated heterocycles. The van der Waals surface area contributed by atoms with Crippen LogP contribution in [0.4, 0.5) is 5.69 Å². The molecule has 0 radical (unpaired) electrons. The van der Waals surface area contributed by atoms with Gasteiger partial charge in [0, 0.05) is 31.9 Å². The van der Waals surface area contributed by atoms with Crippen molar-refractivity contribution in [1.82, 2.24) is 5.32 Å². The van der Waals surface area contributed by atoms with Gasteiger partial charge >= 0.3 is 0 Å². The van der Waals surface area contributed by atoms with Crippen molar-refractivity contribution >= 4 is 11.6 Å². The number of carbonyl (C=O) groups is 1. The number of hydrogen-bond acceptors (Lipinski definition) is 4. The Labute approximate surface area is 178 Å². The van der Waals surface area contributed by atoms with Gasteiger partial charge in [0.1, 0.15) is 32.7 Å². The molecule has 7 nitrogen and oxygen atoms in total. The van der Waals surface area contributed by atoms with Crippen LogP contribution < -0.4 is 29.5 Å². The normalized spacial score (nSPS) is 20.1. The zero-order chi connectivity index (χ0) is 20.9. The molecule has 0 aliphatic carbocycles. The third kappa shape index (κ3) is 5.23. The van der Waals surface area contributed by atoms with Gasteiger partial charge in [-0.25, -0.2) is 0 Å². The minimum Gasteiger partial charge on any atom is -0.454 e. The molecule has 160 valence electrons. The Balaban J connectivity index is 1.17. The van der Waals surface area contributed by atoms with Crippen molar-refractivity contribution in [2.75, 3.05) is 58.5 Å². The standard InChI is InChI=1S/C23H30N4O3/c1-25(2)20-6-3-18(4-7-20)14-24-23(28)16-27-11-9-26(10-12-27)15-19-5-8-21-22(13-19)30-17-29-21/h3-8,13H,9-12,14-17H2,1-2H3,(H,24,28)/p+2. The lowest BCUT2D eigenvalue weighted by Gasteiger charge is -2.29. The molecule has 0 unspecified atom stereocenters. The van der Waals surface area contributed by atoms with Crippen LogP contribution in [-0.4, -0.2) is 59.5 Å². The highest BCUT2D eigenvalue weighted by Gasteiger charge is 2.25. The molecule has 1 fully saturated rings. The molecule has 0 aromatic heterocycles. The summed E-state index contributed by atoms with van der Waals surface area (Å²) in [7, 11) is 4.05. The van der Waals surface area contributed by atoms with Crippen molar-refractivity contribution in [2.45, 2.75) is 13.1 Å². The molecule has 2 aromatic rings. The Morgan fingerprint density at radius 3 is 2.33 bits per heavy atom. The number of amides is 1. The van der Waals surface area contributed by atoms with E-state index in [4.69, 9.17) is 9.47 Å². The van der Waals surface area contributed by atoms with Gasteiger partial charge in [0.2, 0.25) is 6.79 Å². The number of anilines is 1. The van der Waals surface area contributed by atoms with E-state index in [1.165, 1.54) is 10.5 Å². The summed E-state index contributed by atoms with van der Waals surface area (Å²) in [5.41, 5.74) is 3.56. The van der Waals surface area contributed by atoms with Crippen LogP contribution in [0.3, 0.4) is 0 Å². The predicted octanol–water partition coefficient (Wildman–Crippen LogP) is -0.919. The molecule has 3 N–H and O–H groups in total. The largest absolute Gasteiger partial charge is 0.454 e. The molecule has 2 aromatic carbocycles. The third-order valence-electron chi connectivity index (χ3n) is 5.91. The van der Waals surface area contributed by atoms with E-state index in [0.29, 0.717) is 19.9 Å². The average Bonchev–Trinajstić information content (AvgIpc) is 3.22. The Morgan fingerprint density at radius 2 is 1.60 bits per heavy atom. The highest BCUT2D eigenvalue weighted by atomic mass is 16.7. The minimum atomic E-state index is 0.126. The highest BCUT2D eigenvalue weighted by molar-refractivity contribution is 5.76. The number of nitrogens with zero attached hydrogens (tertiary/aromatic N) is 1. The molecule has 2 aliphatic heterocycles. The second kappa shape index (κ2) is 9.36. The molecule has 4 rings (SSSR count). The number of nitrogens with one attached hydrogen (secondary N) is 3. The van der Waals surface area contributed by atoms with Crippen LogP contribution in [0.25, 0.3) is 0 Å². The SMILES string of the molecule is CN(C)c1ccc(CNC(=O)C[NH+]2CC[NH+](Cc3ccc4c(c3)OCO4)CC2)cc1. The number of benzene rings is 2. The van der Waals surface area contributed by atoms with Crippen molar-refractivity contribution in [3.63, 3.8) is 0 Å². The van der Waals surface area contributed by atoms with Crippen molar-refractivity contribution in [3.8, 4) is 11.5 Å². The summed E-state index contributed by atoms with van der Waals surface area (Å²) in [5, 5.41) is 3.06. The van der Waals surface area contributed by atoms with Crippen LogP contribution >= 0.6 is 0 Å². The summed E-state index contributed by atoms with van der Waals surface area (Å²) in [6.45, 7) is 6.62. The summed E-state index contributed by atoms with van der Waals surface area (Å²) in [6, 6.07) is 14.5. The molecule has 30 heavy (non-hydrogen) atoms. The monoisotopic (exact) mass is 412 g/mol. The topological polar surface area (TPSA) is 59.7 Å². The fourth-order valence-corrected chi connectivity index (χ4v) is 4.05. The quantitative estimate of drug-likeness (QED) is 0.551. The number of carbonyl (C=O) groups excluding carboxylic acids is 1. The van der Waals surface area contributed by atoms with Crippen LogP contribution in [0.1, 0.15) is 11.1 Å². The number of quaternary nitrogens is 2. The Bertz CT molecular complexity index is 861. The van der Waals surface area contributed by atoms with Gasteiger partial charge < -0.3 is 29.5 Å². The molecular weight excluding hydrogens is 380 g/mol. The smallest absolute Gasteiger partial charge is 0.275 e. The van der Waals surface area contributed by atoms with Crippen LogP contribution in [0.15, 0.2) is 42.5 Å². The van der Waals surface area contributed by atoms with Gasteiger partial charge in [-0.15, -0.1) is 0 Å². The first-order valence-electron chi connectivity index (χ1n) is 10.7. The lowest BCUT2D eigenvalue weighted by atomic mass is 10.1. The van der Waals surface area contributed by atoms with Crippen molar-refractivity contribution in [2.24, 2.45) is 0 Å². The molecule has 2 heterocycles. The number of hydrogen-bond donors (Lipinski definition) is 3. The summed E-state index contributed by atoms with van der Waals surface area (Å²) in [5.74, 6) is 1.81. The number of fused-ring (bicyclic) bond motifs is 1. The minimum absolute atomic E-state index is 0.126. The second-order valence-electron chi connectivity index (χ2n) is 8.38. The van der Waals surface area contributed by atoms with Gasteiger partial charge in [-0.1, -0.05) is 12.1 Å². The first-order chi connectivity index (χ1) is 14.6. The first-order valence-corrected chi connectivity index (χ1v) is 10.7. The lowest BCUT2D eigenvalue weighted by molar-refractivity contribution is -1.02. The van der Waals surface area contributed by atoms with E-state index in [1.807, 2.05) is 20.2 Å². The van der Waals surface area contributed by atoms with Gasteiger partial charge in [-0.2, -0.15) is 0 Å². The maximum atomic E-state index is 12.4. The zero-order valence-electron chi connectivity index (χ0n) is 17.9. The predicted molar refractivity (Wildman–Crippen MR) is 115 cm³/mol. The summed E-state index contributed by atoms with van der Waals surface area (Å²) >= 11 is 0. The van der Waals surface area contributed by atoms with E-state index in [1.54, 1.807) is 4.90 Å². The molecule has 7 heteroatoms. The van der Waals surface area contributed by atoms with E-state index in [0.717, 1.165) is 55.5 Å². The number of rotatable bonds is 7. The Kier molecular flexibility index (Phi) is 6.40. The summed E-state index contributed by atoms with van der Waals surface area (Å²) in [6.07, 6.45) is 0. The van der Waals surface area contributed by atoms with E-state index in [-0.39, 0.29) is 5.91 Å². The van der Waals surface area contributed by atoms with Crippen molar-refractivity contribution in [3.05, 3.63) is 53.6 Å². The van der Waals surface area contributed by atoms with Crippen LogP contribution in [0.2, 0.25) is 0 Å². The average molecular weight is 413 g/mol. The van der Waals surface area contributed by atoms with Gasteiger partial charge in [-0.3, -0.25) is 4.79 Å². The van der Waals surface area contributed by atoms with E-state index < -0.39 is 0 Å². The van der Waals surface area contributed by atoms with Gasteiger partial charge in [-0.05, 0) is 35.9 Å². The van der Waals surface area contributed by atoms with Gasteiger partial charge in [0.25, 0.3) is 5.91 Å². The molecule has 0 spiro atoms. The number of ether oxygens (including phenoxy) is 2. The molecule has 1 amide bonds.